The van der Waals surface area contributed by atoms with Gasteiger partial charge in [0.15, 0.2) is 0 Å². The summed E-state index contributed by atoms with van der Waals surface area (Å²) in [5.41, 5.74) is 0. The monoisotopic (exact) mass is 268 g/mol. The van der Waals surface area contributed by atoms with E-state index in [1.54, 1.807) is 6.92 Å². The molecule has 1 saturated carbocycles. The normalized spacial score (nSPS) is 25.9. The highest BCUT2D eigenvalue weighted by atomic mass is 16.3. The summed E-state index contributed by atoms with van der Waals surface area (Å²) in [6.45, 7) is 2.75. The Morgan fingerprint density at radius 1 is 1.47 bits per heavy atom. The van der Waals surface area contributed by atoms with Gasteiger partial charge in [-0.05, 0) is 26.2 Å². The van der Waals surface area contributed by atoms with Gasteiger partial charge in [0.2, 0.25) is 11.8 Å². The summed E-state index contributed by atoms with van der Waals surface area (Å²) in [7, 11) is 0. The molecule has 108 valence electrons. The van der Waals surface area contributed by atoms with Crippen molar-refractivity contribution in [1.82, 2.24) is 10.2 Å². The van der Waals surface area contributed by atoms with E-state index in [1.807, 2.05) is 4.90 Å². The molecule has 1 aliphatic heterocycles. The number of likely N-dealkylation sites (tertiary alicyclic amines) is 1. The predicted octanol–water partition coefficient (Wildman–Crippen LogP) is 0.665. The number of aliphatic hydroxyl groups excluding tert-OH is 1. The lowest BCUT2D eigenvalue weighted by Crippen LogP contribution is -2.37. The van der Waals surface area contributed by atoms with Crippen LogP contribution in [0.3, 0.4) is 0 Å². The zero-order valence-corrected chi connectivity index (χ0v) is 11.6. The Labute approximate surface area is 114 Å². The van der Waals surface area contributed by atoms with Crippen LogP contribution in [0.1, 0.15) is 45.4 Å². The van der Waals surface area contributed by atoms with Crippen molar-refractivity contribution in [3.05, 3.63) is 0 Å². The maximum atomic E-state index is 12.0. The van der Waals surface area contributed by atoms with Crippen molar-refractivity contribution in [1.29, 1.82) is 0 Å². The van der Waals surface area contributed by atoms with Crippen LogP contribution in [0.15, 0.2) is 0 Å². The van der Waals surface area contributed by atoms with Crippen LogP contribution >= 0.6 is 0 Å². The van der Waals surface area contributed by atoms with E-state index < -0.39 is 6.10 Å². The smallest absolute Gasteiger partial charge is 0.225 e. The SMILES string of the molecule is CC(O)CCNC(=O)C1CC(=O)N(C2CCCC2)C1. The topological polar surface area (TPSA) is 69.6 Å². The third-order valence-electron chi connectivity index (χ3n) is 4.16. The summed E-state index contributed by atoms with van der Waals surface area (Å²) >= 11 is 0. The highest BCUT2D eigenvalue weighted by molar-refractivity contribution is 5.89. The van der Waals surface area contributed by atoms with Gasteiger partial charge < -0.3 is 15.3 Å². The lowest BCUT2D eigenvalue weighted by atomic mass is 10.1. The molecular weight excluding hydrogens is 244 g/mol. The third-order valence-corrected chi connectivity index (χ3v) is 4.16. The second kappa shape index (κ2) is 6.37. The van der Waals surface area contributed by atoms with E-state index in [2.05, 4.69) is 5.32 Å². The molecule has 2 unspecified atom stereocenters. The molecule has 2 atom stereocenters. The summed E-state index contributed by atoms with van der Waals surface area (Å²) in [6.07, 6.45) is 5.06. The minimum absolute atomic E-state index is 0.0468. The summed E-state index contributed by atoms with van der Waals surface area (Å²) in [5, 5.41) is 12.0. The van der Waals surface area contributed by atoms with E-state index in [1.165, 1.54) is 12.8 Å². The fraction of sp³-hybridized carbons (Fsp3) is 0.857. The molecule has 1 heterocycles. The second-order valence-corrected chi connectivity index (χ2v) is 5.81. The molecule has 0 bridgehead atoms. The lowest BCUT2D eigenvalue weighted by Gasteiger charge is -2.23. The number of rotatable bonds is 5. The van der Waals surface area contributed by atoms with Gasteiger partial charge in [0.05, 0.1) is 12.0 Å². The summed E-state index contributed by atoms with van der Waals surface area (Å²) in [5.74, 6) is -0.126. The average molecular weight is 268 g/mol. The number of hydrogen-bond acceptors (Lipinski definition) is 3. The van der Waals surface area contributed by atoms with Gasteiger partial charge in [0, 0.05) is 25.6 Å². The predicted molar refractivity (Wildman–Crippen MR) is 71.4 cm³/mol. The van der Waals surface area contributed by atoms with Gasteiger partial charge >= 0.3 is 0 Å². The number of hydrogen-bond donors (Lipinski definition) is 2. The number of amides is 2. The molecule has 0 spiro atoms. The minimum atomic E-state index is -0.402. The van der Waals surface area contributed by atoms with Crippen molar-refractivity contribution < 1.29 is 14.7 Å². The summed E-state index contributed by atoms with van der Waals surface area (Å²) in [6, 6.07) is 0.364. The molecule has 2 amide bonds. The van der Waals surface area contributed by atoms with Crippen molar-refractivity contribution in [3.63, 3.8) is 0 Å². The Kier molecular flexibility index (Phi) is 4.80. The van der Waals surface area contributed by atoms with E-state index >= 15 is 0 Å². The van der Waals surface area contributed by atoms with Gasteiger partial charge in [-0.1, -0.05) is 12.8 Å². The maximum Gasteiger partial charge on any atom is 0.225 e. The van der Waals surface area contributed by atoms with Crippen LogP contribution in [0.5, 0.6) is 0 Å². The zero-order chi connectivity index (χ0) is 13.8. The summed E-state index contributed by atoms with van der Waals surface area (Å²) in [4.78, 5) is 25.8. The summed E-state index contributed by atoms with van der Waals surface area (Å²) < 4.78 is 0. The number of nitrogens with zero attached hydrogens (tertiary/aromatic N) is 1. The number of carbonyl (C=O) groups excluding carboxylic acids is 2. The van der Waals surface area contributed by atoms with Crippen molar-refractivity contribution >= 4 is 11.8 Å². The van der Waals surface area contributed by atoms with Crippen molar-refractivity contribution in [2.24, 2.45) is 5.92 Å². The number of aliphatic hydroxyl groups is 1. The maximum absolute atomic E-state index is 12.0. The largest absolute Gasteiger partial charge is 0.393 e. The highest BCUT2D eigenvalue weighted by Gasteiger charge is 2.38. The standard InChI is InChI=1S/C14H24N2O3/c1-10(17)6-7-15-14(19)11-8-13(18)16(9-11)12-4-2-3-5-12/h10-12,17H,2-9H2,1H3,(H,15,19). The molecule has 5 nitrogen and oxygen atoms in total. The van der Waals surface area contributed by atoms with Crippen LogP contribution in [0, 0.1) is 5.92 Å². The molecule has 2 rings (SSSR count). The molecule has 2 N–H and O–H groups in total. The highest BCUT2D eigenvalue weighted by Crippen LogP contribution is 2.29. The quantitative estimate of drug-likeness (QED) is 0.770. The Morgan fingerprint density at radius 2 is 2.16 bits per heavy atom. The first kappa shape index (κ1) is 14.3. The molecule has 0 aromatic rings. The van der Waals surface area contributed by atoms with Gasteiger partial charge in [0.25, 0.3) is 0 Å². The molecule has 2 fully saturated rings. The van der Waals surface area contributed by atoms with E-state index in [-0.39, 0.29) is 17.7 Å². The Bertz CT molecular complexity index is 338. The lowest BCUT2D eigenvalue weighted by molar-refractivity contribution is -0.130. The van der Waals surface area contributed by atoms with E-state index in [0.29, 0.717) is 32.0 Å². The number of nitrogens with one attached hydrogen (secondary N) is 1. The second-order valence-electron chi connectivity index (χ2n) is 5.81. The van der Waals surface area contributed by atoms with E-state index in [0.717, 1.165) is 12.8 Å². The van der Waals surface area contributed by atoms with Crippen molar-refractivity contribution in [2.75, 3.05) is 13.1 Å². The van der Waals surface area contributed by atoms with Crippen molar-refractivity contribution in [3.8, 4) is 0 Å². The molecule has 5 heteroatoms. The van der Waals surface area contributed by atoms with Gasteiger partial charge in [-0.3, -0.25) is 9.59 Å². The van der Waals surface area contributed by atoms with Gasteiger partial charge in [-0.2, -0.15) is 0 Å². The molecule has 0 aromatic carbocycles. The van der Waals surface area contributed by atoms with Crippen molar-refractivity contribution in [2.45, 2.75) is 57.6 Å². The molecular formula is C14H24N2O3. The first-order valence-electron chi connectivity index (χ1n) is 7.33. The third kappa shape index (κ3) is 3.69. The molecule has 1 saturated heterocycles. The van der Waals surface area contributed by atoms with Crippen LogP contribution in [-0.2, 0) is 9.59 Å². The number of carbonyl (C=O) groups is 2. The van der Waals surface area contributed by atoms with Crippen LogP contribution in [0.2, 0.25) is 0 Å². The van der Waals surface area contributed by atoms with Crippen LogP contribution in [0.25, 0.3) is 0 Å². The fourth-order valence-electron chi connectivity index (χ4n) is 3.02. The van der Waals surface area contributed by atoms with Crippen LogP contribution < -0.4 is 5.32 Å². The molecule has 1 aliphatic carbocycles. The Morgan fingerprint density at radius 3 is 2.79 bits per heavy atom. The zero-order valence-electron chi connectivity index (χ0n) is 11.6. The van der Waals surface area contributed by atoms with E-state index in [4.69, 9.17) is 5.11 Å². The molecule has 0 radical (unpaired) electrons. The first-order valence-corrected chi connectivity index (χ1v) is 7.33. The van der Waals surface area contributed by atoms with Gasteiger partial charge in [-0.25, -0.2) is 0 Å². The van der Waals surface area contributed by atoms with Crippen LogP contribution in [0.4, 0.5) is 0 Å². The van der Waals surface area contributed by atoms with Crippen LogP contribution in [-0.4, -0.2) is 47.1 Å². The average Bonchev–Trinajstić information content (AvgIpc) is 2.96. The Hall–Kier alpha value is -1.10. The van der Waals surface area contributed by atoms with E-state index in [9.17, 15) is 9.59 Å². The van der Waals surface area contributed by atoms with Gasteiger partial charge in [0.1, 0.15) is 0 Å². The Balaban J connectivity index is 1.79. The fourth-order valence-corrected chi connectivity index (χ4v) is 3.02. The molecule has 0 aromatic heterocycles. The van der Waals surface area contributed by atoms with Gasteiger partial charge in [-0.15, -0.1) is 0 Å². The minimum Gasteiger partial charge on any atom is -0.393 e. The molecule has 19 heavy (non-hydrogen) atoms. The first-order chi connectivity index (χ1) is 9.08. The molecule has 2 aliphatic rings.